The Morgan fingerprint density at radius 1 is 1.08 bits per heavy atom. The number of nitrogens with zero attached hydrogens (tertiary/aromatic N) is 1. The van der Waals surface area contributed by atoms with Crippen molar-refractivity contribution in [1.82, 2.24) is 5.16 Å². The summed E-state index contributed by atoms with van der Waals surface area (Å²) in [4.78, 5) is 24.0. The third-order valence-corrected chi connectivity index (χ3v) is 3.17. The molecule has 24 heavy (non-hydrogen) atoms. The fraction of sp³-hybridized carbons (Fsp3) is 0.118. The van der Waals surface area contributed by atoms with Crippen molar-refractivity contribution in [3.8, 4) is 0 Å². The quantitative estimate of drug-likeness (QED) is 0.751. The number of aromatic nitrogens is 1. The summed E-state index contributed by atoms with van der Waals surface area (Å²) in [5, 5.41) is 9.23. The van der Waals surface area contributed by atoms with Gasteiger partial charge in [0.05, 0.1) is 18.4 Å². The number of nitrogens with one attached hydrogen (secondary N) is 2. The highest BCUT2D eigenvalue weighted by Crippen LogP contribution is 2.17. The Balaban J connectivity index is 1.62. The molecule has 3 rings (SSSR count). The topological polar surface area (TPSA) is 97.4 Å². The van der Waals surface area contributed by atoms with E-state index in [1.807, 2.05) is 0 Å². The maximum atomic E-state index is 12.0. The smallest absolute Gasteiger partial charge is 0.291 e. The zero-order valence-corrected chi connectivity index (χ0v) is 12.9. The van der Waals surface area contributed by atoms with Gasteiger partial charge in [-0.25, -0.2) is 0 Å². The van der Waals surface area contributed by atoms with Crippen LogP contribution >= 0.6 is 0 Å². The molecule has 0 fully saturated rings. The van der Waals surface area contributed by atoms with Crippen molar-refractivity contribution < 1.29 is 18.5 Å². The molecule has 0 bridgehead atoms. The van der Waals surface area contributed by atoms with Crippen LogP contribution in [0.5, 0.6) is 0 Å². The second kappa shape index (κ2) is 6.82. The van der Waals surface area contributed by atoms with E-state index in [2.05, 4.69) is 15.8 Å². The fourth-order valence-corrected chi connectivity index (χ4v) is 2.15. The Morgan fingerprint density at radius 2 is 1.88 bits per heavy atom. The SMILES string of the molecule is Cc1cc(CC(=O)Nc2cccc(NC(=O)c3ccco3)c2)no1. The zero-order chi connectivity index (χ0) is 16.9. The van der Waals surface area contributed by atoms with Gasteiger partial charge in [-0.05, 0) is 37.3 Å². The van der Waals surface area contributed by atoms with E-state index in [0.29, 0.717) is 22.8 Å². The van der Waals surface area contributed by atoms with Crippen molar-refractivity contribution >= 4 is 23.2 Å². The lowest BCUT2D eigenvalue weighted by molar-refractivity contribution is -0.115. The van der Waals surface area contributed by atoms with Crippen molar-refractivity contribution in [2.24, 2.45) is 0 Å². The number of hydrogen-bond donors (Lipinski definition) is 2. The van der Waals surface area contributed by atoms with E-state index < -0.39 is 0 Å². The molecule has 0 aliphatic rings. The van der Waals surface area contributed by atoms with E-state index in [1.54, 1.807) is 49.4 Å². The number of amides is 2. The Kier molecular flexibility index (Phi) is 4.42. The highest BCUT2D eigenvalue weighted by Gasteiger charge is 2.11. The fourth-order valence-electron chi connectivity index (χ4n) is 2.15. The van der Waals surface area contributed by atoms with Gasteiger partial charge in [-0.1, -0.05) is 11.2 Å². The van der Waals surface area contributed by atoms with E-state index >= 15 is 0 Å². The van der Waals surface area contributed by atoms with Crippen LogP contribution < -0.4 is 10.6 Å². The van der Waals surface area contributed by atoms with E-state index in [1.165, 1.54) is 6.26 Å². The van der Waals surface area contributed by atoms with Crippen molar-refractivity contribution in [3.05, 3.63) is 65.9 Å². The molecule has 3 aromatic rings. The van der Waals surface area contributed by atoms with Gasteiger partial charge in [0, 0.05) is 17.4 Å². The van der Waals surface area contributed by atoms with Crippen LogP contribution in [0.1, 0.15) is 22.0 Å². The van der Waals surface area contributed by atoms with Gasteiger partial charge < -0.3 is 19.6 Å². The number of anilines is 2. The normalized spacial score (nSPS) is 10.4. The molecule has 7 heteroatoms. The average molecular weight is 325 g/mol. The van der Waals surface area contributed by atoms with Gasteiger partial charge in [0.2, 0.25) is 5.91 Å². The molecule has 2 aromatic heterocycles. The van der Waals surface area contributed by atoms with Gasteiger partial charge >= 0.3 is 0 Å². The van der Waals surface area contributed by atoms with Crippen LogP contribution in [0, 0.1) is 6.92 Å². The van der Waals surface area contributed by atoms with E-state index in [4.69, 9.17) is 8.94 Å². The van der Waals surface area contributed by atoms with Gasteiger partial charge in [0.15, 0.2) is 5.76 Å². The van der Waals surface area contributed by atoms with Gasteiger partial charge in [0.25, 0.3) is 5.91 Å². The Labute approximate surface area is 137 Å². The van der Waals surface area contributed by atoms with E-state index in [-0.39, 0.29) is 24.0 Å². The molecule has 1 aromatic carbocycles. The lowest BCUT2D eigenvalue weighted by Gasteiger charge is -2.07. The second-order valence-corrected chi connectivity index (χ2v) is 5.17. The van der Waals surface area contributed by atoms with Crippen molar-refractivity contribution in [2.75, 3.05) is 10.6 Å². The van der Waals surface area contributed by atoms with Gasteiger partial charge in [-0.3, -0.25) is 9.59 Å². The van der Waals surface area contributed by atoms with Crippen molar-refractivity contribution in [3.63, 3.8) is 0 Å². The standard InChI is InChI=1S/C17H15N3O4/c1-11-8-14(20-24-11)10-16(21)18-12-4-2-5-13(9-12)19-17(22)15-6-3-7-23-15/h2-9H,10H2,1H3,(H,18,21)(H,19,22). The van der Waals surface area contributed by atoms with Crippen molar-refractivity contribution in [1.29, 1.82) is 0 Å². The summed E-state index contributed by atoms with van der Waals surface area (Å²) in [6.45, 7) is 1.76. The average Bonchev–Trinajstić information content (AvgIpc) is 3.19. The van der Waals surface area contributed by atoms with Crippen LogP contribution in [0.3, 0.4) is 0 Å². The molecule has 2 heterocycles. The molecule has 2 amide bonds. The van der Waals surface area contributed by atoms with Crippen LogP contribution in [-0.4, -0.2) is 17.0 Å². The largest absolute Gasteiger partial charge is 0.459 e. The zero-order valence-electron chi connectivity index (χ0n) is 12.9. The molecule has 0 spiro atoms. The number of benzene rings is 1. The number of aryl methyl sites for hydroxylation is 1. The Bertz CT molecular complexity index is 852. The Morgan fingerprint density at radius 3 is 2.54 bits per heavy atom. The van der Waals surface area contributed by atoms with Crippen LogP contribution in [0.25, 0.3) is 0 Å². The molecule has 0 aliphatic carbocycles. The monoisotopic (exact) mass is 325 g/mol. The molecule has 0 saturated heterocycles. The first kappa shape index (κ1) is 15.5. The lowest BCUT2D eigenvalue weighted by Crippen LogP contribution is -2.15. The summed E-state index contributed by atoms with van der Waals surface area (Å²) in [5.74, 6) is 0.283. The number of furan rings is 1. The summed E-state index contributed by atoms with van der Waals surface area (Å²) in [5.41, 5.74) is 1.68. The summed E-state index contributed by atoms with van der Waals surface area (Å²) in [6, 6.07) is 11.8. The molecule has 0 saturated carbocycles. The van der Waals surface area contributed by atoms with Crippen LogP contribution in [0.15, 0.2) is 57.7 Å². The molecule has 122 valence electrons. The number of rotatable bonds is 5. The first-order valence-electron chi connectivity index (χ1n) is 7.27. The molecular weight excluding hydrogens is 310 g/mol. The summed E-state index contributed by atoms with van der Waals surface area (Å²) in [6.07, 6.45) is 1.54. The first-order valence-corrected chi connectivity index (χ1v) is 7.27. The van der Waals surface area contributed by atoms with E-state index in [0.717, 1.165) is 0 Å². The molecule has 0 aliphatic heterocycles. The summed E-state index contributed by atoms with van der Waals surface area (Å²) >= 11 is 0. The van der Waals surface area contributed by atoms with Gasteiger partial charge in [-0.15, -0.1) is 0 Å². The molecular formula is C17H15N3O4. The first-order chi connectivity index (χ1) is 11.6. The predicted octanol–water partition coefficient (Wildman–Crippen LogP) is 3.01. The summed E-state index contributed by atoms with van der Waals surface area (Å²) < 4.78 is 9.96. The van der Waals surface area contributed by atoms with Crippen molar-refractivity contribution in [2.45, 2.75) is 13.3 Å². The van der Waals surface area contributed by atoms with Crippen LogP contribution in [0.2, 0.25) is 0 Å². The molecule has 7 nitrogen and oxygen atoms in total. The third kappa shape index (κ3) is 3.89. The minimum absolute atomic E-state index is 0.111. The molecule has 2 N–H and O–H groups in total. The highest BCUT2D eigenvalue weighted by molar-refractivity contribution is 6.02. The predicted molar refractivity (Wildman–Crippen MR) is 86.7 cm³/mol. The number of carbonyl (C=O) groups is 2. The minimum Gasteiger partial charge on any atom is -0.459 e. The van der Waals surface area contributed by atoms with Gasteiger partial charge in [-0.2, -0.15) is 0 Å². The molecule has 0 radical (unpaired) electrons. The Hall–Kier alpha value is -3.35. The van der Waals surface area contributed by atoms with Crippen LogP contribution in [0.4, 0.5) is 11.4 Å². The second-order valence-electron chi connectivity index (χ2n) is 5.17. The van der Waals surface area contributed by atoms with Crippen LogP contribution in [-0.2, 0) is 11.2 Å². The minimum atomic E-state index is -0.360. The number of hydrogen-bond acceptors (Lipinski definition) is 5. The molecule has 0 unspecified atom stereocenters. The lowest BCUT2D eigenvalue weighted by atomic mass is 10.2. The molecule has 0 atom stereocenters. The summed E-state index contributed by atoms with van der Waals surface area (Å²) in [7, 11) is 0. The highest BCUT2D eigenvalue weighted by atomic mass is 16.5. The maximum absolute atomic E-state index is 12.0. The number of carbonyl (C=O) groups excluding carboxylic acids is 2. The maximum Gasteiger partial charge on any atom is 0.291 e. The third-order valence-electron chi connectivity index (χ3n) is 3.17. The van der Waals surface area contributed by atoms with Gasteiger partial charge in [0.1, 0.15) is 5.76 Å². The van der Waals surface area contributed by atoms with E-state index in [9.17, 15) is 9.59 Å².